The summed E-state index contributed by atoms with van der Waals surface area (Å²) in [6, 6.07) is 8.10. The molecule has 17 heavy (non-hydrogen) atoms. The fraction of sp³-hybridized carbons (Fsp3) is 0.500. The second kappa shape index (κ2) is 5.21. The van der Waals surface area contributed by atoms with Gasteiger partial charge in [0.25, 0.3) is 0 Å². The molecule has 0 aliphatic heterocycles. The third kappa shape index (κ3) is 2.78. The van der Waals surface area contributed by atoms with E-state index in [4.69, 9.17) is 9.84 Å². The Morgan fingerprint density at radius 3 is 2.59 bits per heavy atom. The summed E-state index contributed by atoms with van der Waals surface area (Å²) in [5.41, 5.74) is 1.27. The number of carboxylic acid groups (broad SMARTS) is 1. The summed E-state index contributed by atoms with van der Waals surface area (Å²) in [6.07, 6.45) is 3.50. The Hall–Kier alpha value is -1.51. The molecule has 3 heteroatoms. The van der Waals surface area contributed by atoms with Crippen molar-refractivity contribution in [3.05, 3.63) is 29.8 Å². The molecular weight excluding hydrogens is 216 g/mol. The number of hydrogen-bond acceptors (Lipinski definition) is 2. The quantitative estimate of drug-likeness (QED) is 0.874. The number of carbonyl (C=O) groups is 1. The van der Waals surface area contributed by atoms with Gasteiger partial charge in [0.05, 0.1) is 13.0 Å². The minimum atomic E-state index is -0.644. The first-order chi connectivity index (χ1) is 8.20. The molecule has 1 aliphatic rings. The molecule has 1 fully saturated rings. The topological polar surface area (TPSA) is 46.5 Å². The molecule has 1 aromatic rings. The van der Waals surface area contributed by atoms with Crippen LogP contribution in [-0.2, 0) is 4.79 Å². The van der Waals surface area contributed by atoms with Crippen molar-refractivity contribution in [3.63, 3.8) is 0 Å². The van der Waals surface area contributed by atoms with Crippen molar-refractivity contribution in [1.82, 2.24) is 0 Å². The van der Waals surface area contributed by atoms with E-state index in [0.29, 0.717) is 5.92 Å². The Morgan fingerprint density at radius 2 is 2.00 bits per heavy atom. The molecular formula is C14H18O3. The molecule has 3 nitrogen and oxygen atoms in total. The minimum absolute atomic E-state index is 0.142. The monoisotopic (exact) mass is 234 g/mol. The molecule has 0 atom stereocenters. The van der Waals surface area contributed by atoms with Gasteiger partial charge in [0.15, 0.2) is 0 Å². The summed E-state index contributed by atoms with van der Waals surface area (Å²) < 4.78 is 5.21. The highest BCUT2D eigenvalue weighted by Crippen LogP contribution is 2.36. The molecule has 0 heterocycles. The summed E-state index contributed by atoms with van der Waals surface area (Å²) in [6.45, 7) is 0. The smallest absolute Gasteiger partial charge is 0.306 e. The molecule has 1 saturated carbocycles. The Morgan fingerprint density at radius 1 is 1.29 bits per heavy atom. The van der Waals surface area contributed by atoms with E-state index >= 15 is 0 Å². The van der Waals surface area contributed by atoms with E-state index in [1.165, 1.54) is 5.56 Å². The zero-order valence-corrected chi connectivity index (χ0v) is 10.1. The van der Waals surface area contributed by atoms with Crippen LogP contribution in [0.2, 0.25) is 0 Å². The molecule has 92 valence electrons. The maximum Gasteiger partial charge on any atom is 0.306 e. The maximum atomic E-state index is 10.9. The molecule has 0 spiro atoms. The first-order valence-electron chi connectivity index (χ1n) is 6.07. The maximum absolute atomic E-state index is 10.9. The van der Waals surface area contributed by atoms with Crippen molar-refractivity contribution in [3.8, 4) is 5.75 Å². The van der Waals surface area contributed by atoms with Gasteiger partial charge in [0, 0.05) is 0 Å². The number of carboxylic acids is 1. The predicted octanol–water partition coefficient (Wildman–Crippen LogP) is 3.05. The van der Waals surface area contributed by atoms with Crippen LogP contribution in [-0.4, -0.2) is 18.2 Å². The lowest BCUT2D eigenvalue weighted by molar-refractivity contribution is -0.142. The third-order valence-electron chi connectivity index (χ3n) is 3.64. The molecule has 1 N–H and O–H groups in total. The fourth-order valence-corrected chi connectivity index (χ4v) is 2.57. The van der Waals surface area contributed by atoms with Crippen LogP contribution in [0.25, 0.3) is 0 Å². The number of methoxy groups -OCH3 is 1. The Kier molecular flexibility index (Phi) is 3.67. The number of ether oxygens (including phenoxy) is 1. The van der Waals surface area contributed by atoms with E-state index in [9.17, 15) is 4.79 Å². The Bertz CT molecular complexity index is 392. The molecule has 0 aromatic heterocycles. The second-order valence-corrected chi connectivity index (χ2v) is 4.66. The number of rotatable bonds is 3. The molecule has 0 amide bonds. The van der Waals surface area contributed by atoms with Crippen molar-refractivity contribution in [2.75, 3.05) is 7.11 Å². The Balaban J connectivity index is 2.02. The van der Waals surface area contributed by atoms with Gasteiger partial charge in [0.1, 0.15) is 5.75 Å². The second-order valence-electron chi connectivity index (χ2n) is 4.66. The van der Waals surface area contributed by atoms with Crippen LogP contribution in [0.15, 0.2) is 24.3 Å². The fourth-order valence-electron chi connectivity index (χ4n) is 2.57. The zero-order valence-electron chi connectivity index (χ0n) is 10.1. The summed E-state index contributed by atoms with van der Waals surface area (Å²) in [4.78, 5) is 10.9. The van der Waals surface area contributed by atoms with Crippen molar-refractivity contribution >= 4 is 5.97 Å². The summed E-state index contributed by atoms with van der Waals surface area (Å²) in [5, 5.41) is 8.96. The third-order valence-corrected chi connectivity index (χ3v) is 3.64. The van der Waals surface area contributed by atoms with E-state index < -0.39 is 5.97 Å². The largest absolute Gasteiger partial charge is 0.497 e. The van der Waals surface area contributed by atoms with Gasteiger partial charge in [-0.25, -0.2) is 0 Å². The van der Waals surface area contributed by atoms with Crippen LogP contribution in [0.3, 0.4) is 0 Å². The van der Waals surface area contributed by atoms with E-state index in [0.717, 1.165) is 31.4 Å². The molecule has 0 bridgehead atoms. The highest BCUT2D eigenvalue weighted by atomic mass is 16.5. The van der Waals surface area contributed by atoms with Crippen LogP contribution < -0.4 is 4.74 Å². The van der Waals surface area contributed by atoms with Gasteiger partial charge in [-0.15, -0.1) is 0 Å². The van der Waals surface area contributed by atoms with Gasteiger partial charge < -0.3 is 9.84 Å². The SMILES string of the molecule is COc1cccc(C2CCC(C(=O)O)CC2)c1. The van der Waals surface area contributed by atoms with Crippen LogP contribution in [0.4, 0.5) is 0 Å². The Labute approximate surface area is 101 Å². The number of benzene rings is 1. The number of aliphatic carboxylic acids is 1. The average Bonchev–Trinajstić information content (AvgIpc) is 2.39. The highest BCUT2D eigenvalue weighted by molar-refractivity contribution is 5.70. The lowest BCUT2D eigenvalue weighted by Crippen LogP contribution is -2.20. The standard InChI is InChI=1S/C14H18O3/c1-17-13-4-2-3-12(9-13)10-5-7-11(8-6-10)14(15)16/h2-4,9-11H,5-8H2,1H3,(H,15,16). The van der Waals surface area contributed by atoms with Crippen LogP contribution >= 0.6 is 0 Å². The van der Waals surface area contributed by atoms with E-state index in [1.54, 1.807) is 7.11 Å². The van der Waals surface area contributed by atoms with Gasteiger partial charge in [-0.3, -0.25) is 4.79 Å². The van der Waals surface area contributed by atoms with Crippen molar-refractivity contribution in [2.24, 2.45) is 5.92 Å². The highest BCUT2D eigenvalue weighted by Gasteiger charge is 2.26. The van der Waals surface area contributed by atoms with E-state index in [1.807, 2.05) is 12.1 Å². The van der Waals surface area contributed by atoms with Gasteiger partial charge in [-0.1, -0.05) is 12.1 Å². The van der Waals surface area contributed by atoms with Gasteiger partial charge in [0.2, 0.25) is 0 Å². The van der Waals surface area contributed by atoms with Crippen LogP contribution in [0.5, 0.6) is 5.75 Å². The van der Waals surface area contributed by atoms with Gasteiger partial charge >= 0.3 is 5.97 Å². The summed E-state index contributed by atoms with van der Waals surface area (Å²) in [7, 11) is 1.67. The lowest BCUT2D eigenvalue weighted by Gasteiger charge is -2.26. The molecule has 0 radical (unpaired) electrons. The molecule has 1 aromatic carbocycles. The zero-order chi connectivity index (χ0) is 12.3. The van der Waals surface area contributed by atoms with Crippen molar-refractivity contribution in [1.29, 1.82) is 0 Å². The predicted molar refractivity (Wildman–Crippen MR) is 65.3 cm³/mol. The van der Waals surface area contributed by atoms with Crippen LogP contribution in [0.1, 0.15) is 37.2 Å². The lowest BCUT2D eigenvalue weighted by atomic mass is 9.79. The summed E-state index contributed by atoms with van der Waals surface area (Å²) in [5.74, 6) is 0.578. The molecule has 2 rings (SSSR count). The average molecular weight is 234 g/mol. The van der Waals surface area contributed by atoms with Gasteiger partial charge in [-0.05, 0) is 49.3 Å². The van der Waals surface area contributed by atoms with E-state index in [2.05, 4.69) is 12.1 Å². The number of hydrogen-bond donors (Lipinski definition) is 1. The van der Waals surface area contributed by atoms with Crippen LogP contribution in [0, 0.1) is 5.92 Å². The molecule has 0 unspecified atom stereocenters. The molecule has 0 saturated heterocycles. The molecule has 1 aliphatic carbocycles. The van der Waals surface area contributed by atoms with Crippen molar-refractivity contribution in [2.45, 2.75) is 31.6 Å². The van der Waals surface area contributed by atoms with Gasteiger partial charge in [-0.2, -0.15) is 0 Å². The normalized spacial score (nSPS) is 24.3. The van der Waals surface area contributed by atoms with E-state index in [-0.39, 0.29) is 5.92 Å². The first-order valence-corrected chi connectivity index (χ1v) is 6.07. The summed E-state index contributed by atoms with van der Waals surface area (Å²) >= 11 is 0. The minimum Gasteiger partial charge on any atom is -0.497 e. The first kappa shape index (κ1) is 12.0. The van der Waals surface area contributed by atoms with Crippen molar-refractivity contribution < 1.29 is 14.6 Å².